The number of anilines is 3. The molecule has 2 rings (SSSR count). The van der Waals surface area contributed by atoms with Crippen molar-refractivity contribution in [2.45, 2.75) is 20.3 Å². The van der Waals surface area contributed by atoms with Gasteiger partial charge in [0.05, 0.1) is 19.0 Å². The molecule has 0 saturated heterocycles. The summed E-state index contributed by atoms with van der Waals surface area (Å²) < 4.78 is 5.18. The van der Waals surface area contributed by atoms with Crippen LogP contribution >= 0.6 is 0 Å². The van der Waals surface area contributed by atoms with E-state index in [9.17, 15) is 4.79 Å². The van der Waals surface area contributed by atoms with Gasteiger partial charge in [-0.25, -0.2) is 4.98 Å². The van der Waals surface area contributed by atoms with Crippen molar-refractivity contribution in [3.05, 3.63) is 42.6 Å². The van der Waals surface area contributed by atoms with Crippen LogP contribution in [0.25, 0.3) is 0 Å². The molecule has 0 radical (unpaired) electrons. The highest BCUT2D eigenvalue weighted by atomic mass is 16.5. The second kappa shape index (κ2) is 7.45. The zero-order chi connectivity index (χ0) is 15.9. The second-order valence-corrected chi connectivity index (χ2v) is 5.44. The molecule has 0 aliphatic carbocycles. The molecule has 0 aliphatic rings. The smallest absolute Gasteiger partial charge is 0.224 e. The Balaban J connectivity index is 1.98. The van der Waals surface area contributed by atoms with Gasteiger partial charge in [-0.1, -0.05) is 19.9 Å². The molecule has 1 heterocycles. The summed E-state index contributed by atoms with van der Waals surface area (Å²) in [7, 11) is 1.63. The predicted octanol–water partition coefficient (Wildman–Crippen LogP) is 3.82. The van der Waals surface area contributed by atoms with Crippen molar-refractivity contribution < 1.29 is 9.53 Å². The number of methoxy groups -OCH3 is 1. The minimum absolute atomic E-state index is 0.00491. The van der Waals surface area contributed by atoms with Gasteiger partial charge in [0.2, 0.25) is 5.91 Å². The van der Waals surface area contributed by atoms with E-state index in [-0.39, 0.29) is 5.91 Å². The third-order valence-corrected chi connectivity index (χ3v) is 2.98. The lowest BCUT2D eigenvalue weighted by molar-refractivity contribution is -0.116. The van der Waals surface area contributed by atoms with E-state index < -0.39 is 0 Å². The van der Waals surface area contributed by atoms with Crippen molar-refractivity contribution in [1.82, 2.24) is 4.98 Å². The number of hydrogen-bond acceptors (Lipinski definition) is 4. The Labute approximate surface area is 130 Å². The first-order valence-electron chi connectivity index (χ1n) is 7.24. The second-order valence-electron chi connectivity index (χ2n) is 5.44. The molecule has 1 amide bonds. The predicted molar refractivity (Wildman–Crippen MR) is 88.6 cm³/mol. The van der Waals surface area contributed by atoms with Crippen LogP contribution in [0, 0.1) is 5.92 Å². The first-order chi connectivity index (χ1) is 10.6. The van der Waals surface area contributed by atoms with E-state index in [1.165, 1.54) is 0 Å². The van der Waals surface area contributed by atoms with Crippen molar-refractivity contribution in [3.63, 3.8) is 0 Å². The molecule has 2 aromatic rings. The molecule has 0 unspecified atom stereocenters. The Bertz CT molecular complexity index is 624. The quantitative estimate of drug-likeness (QED) is 0.851. The Morgan fingerprint density at radius 1 is 1.23 bits per heavy atom. The van der Waals surface area contributed by atoms with Crippen LogP contribution in [0.1, 0.15) is 20.3 Å². The van der Waals surface area contributed by atoms with Crippen molar-refractivity contribution in [2.75, 3.05) is 17.7 Å². The van der Waals surface area contributed by atoms with Crippen LogP contribution in [0.4, 0.5) is 17.2 Å². The van der Waals surface area contributed by atoms with Crippen LogP contribution in [0.15, 0.2) is 42.6 Å². The van der Waals surface area contributed by atoms with E-state index in [1.54, 1.807) is 13.3 Å². The number of nitrogens with zero attached hydrogens (tertiary/aromatic N) is 1. The lowest BCUT2D eigenvalue weighted by Crippen LogP contribution is -2.13. The Hall–Kier alpha value is -2.56. The molecule has 1 aromatic heterocycles. The van der Waals surface area contributed by atoms with E-state index in [0.29, 0.717) is 23.8 Å². The zero-order valence-electron chi connectivity index (χ0n) is 13.1. The summed E-state index contributed by atoms with van der Waals surface area (Å²) in [5.74, 6) is 1.82. The number of pyridine rings is 1. The van der Waals surface area contributed by atoms with Gasteiger partial charge < -0.3 is 15.4 Å². The number of carbonyl (C=O) groups excluding carboxylic acids is 1. The van der Waals surface area contributed by atoms with Crippen LogP contribution in [-0.2, 0) is 4.79 Å². The molecule has 22 heavy (non-hydrogen) atoms. The summed E-state index contributed by atoms with van der Waals surface area (Å²) >= 11 is 0. The average molecular weight is 299 g/mol. The van der Waals surface area contributed by atoms with Gasteiger partial charge in [-0.2, -0.15) is 0 Å². The molecular formula is C17H21N3O2. The number of benzene rings is 1. The number of ether oxygens (including phenoxy) is 1. The summed E-state index contributed by atoms with van der Waals surface area (Å²) in [5, 5.41) is 6.02. The normalized spacial score (nSPS) is 10.4. The minimum Gasteiger partial charge on any atom is -0.497 e. The molecule has 0 fully saturated rings. The maximum atomic E-state index is 11.7. The average Bonchev–Trinajstić information content (AvgIpc) is 2.48. The van der Waals surface area contributed by atoms with Crippen LogP contribution < -0.4 is 15.4 Å². The Morgan fingerprint density at radius 2 is 2.05 bits per heavy atom. The van der Waals surface area contributed by atoms with Crippen LogP contribution in [0.3, 0.4) is 0 Å². The standard InChI is InChI=1S/C17H21N3O2/c1-12(2)9-17(21)20-14-7-8-16(18-11-14)19-13-5-4-6-15(10-13)22-3/h4-8,10-12H,9H2,1-3H3,(H,18,19)(H,20,21). The van der Waals surface area contributed by atoms with Crippen molar-refractivity contribution >= 4 is 23.1 Å². The van der Waals surface area contributed by atoms with E-state index >= 15 is 0 Å². The summed E-state index contributed by atoms with van der Waals surface area (Å²) in [6, 6.07) is 11.3. The number of nitrogens with one attached hydrogen (secondary N) is 2. The zero-order valence-corrected chi connectivity index (χ0v) is 13.1. The number of aromatic nitrogens is 1. The minimum atomic E-state index is 0.00491. The van der Waals surface area contributed by atoms with Crippen LogP contribution in [-0.4, -0.2) is 18.0 Å². The van der Waals surface area contributed by atoms with Gasteiger partial charge in [-0.3, -0.25) is 4.79 Å². The van der Waals surface area contributed by atoms with Gasteiger partial charge >= 0.3 is 0 Å². The molecule has 0 aliphatic heterocycles. The fourth-order valence-electron chi connectivity index (χ4n) is 1.97. The van der Waals surface area contributed by atoms with E-state index in [0.717, 1.165) is 11.4 Å². The van der Waals surface area contributed by atoms with E-state index in [2.05, 4.69) is 15.6 Å². The van der Waals surface area contributed by atoms with Gasteiger partial charge in [0.1, 0.15) is 11.6 Å². The maximum Gasteiger partial charge on any atom is 0.224 e. The summed E-state index contributed by atoms with van der Waals surface area (Å²) in [5.41, 5.74) is 1.59. The van der Waals surface area contributed by atoms with Gasteiger partial charge in [0.25, 0.3) is 0 Å². The molecule has 2 N–H and O–H groups in total. The number of amides is 1. The summed E-state index contributed by atoms with van der Waals surface area (Å²) in [6.07, 6.45) is 2.14. The highest BCUT2D eigenvalue weighted by Gasteiger charge is 2.05. The fourth-order valence-corrected chi connectivity index (χ4v) is 1.97. The lowest BCUT2D eigenvalue weighted by atomic mass is 10.1. The first-order valence-corrected chi connectivity index (χ1v) is 7.24. The van der Waals surface area contributed by atoms with Gasteiger partial charge in [-0.15, -0.1) is 0 Å². The van der Waals surface area contributed by atoms with Crippen molar-refractivity contribution in [1.29, 1.82) is 0 Å². The number of carbonyl (C=O) groups is 1. The summed E-state index contributed by atoms with van der Waals surface area (Å²) in [4.78, 5) is 16.0. The van der Waals surface area contributed by atoms with Crippen LogP contribution in [0.2, 0.25) is 0 Å². The lowest BCUT2D eigenvalue weighted by Gasteiger charge is -2.09. The molecule has 116 valence electrons. The highest BCUT2D eigenvalue weighted by Crippen LogP contribution is 2.20. The van der Waals surface area contributed by atoms with Gasteiger partial charge in [-0.05, 0) is 30.2 Å². The monoisotopic (exact) mass is 299 g/mol. The molecular weight excluding hydrogens is 278 g/mol. The number of hydrogen-bond donors (Lipinski definition) is 2. The third kappa shape index (κ3) is 4.77. The van der Waals surface area contributed by atoms with E-state index in [1.807, 2.05) is 50.2 Å². The van der Waals surface area contributed by atoms with Gasteiger partial charge in [0, 0.05) is 18.2 Å². The third-order valence-electron chi connectivity index (χ3n) is 2.98. The van der Waals surface area contributed by atoms with Gasteiger partial charge in [0.15, 0.2) is 0 Å². The summed E-state index contributed by atoms with van der Waals surface area (Å²) in [6.45, 7) is 4.03. The molecule has 0 saturated carbocycles. The maximum absolute atomic E-state index is 11.7. The Morgan fingerprint density at radius 3 is 2.68 bits per heavy atom. The topological polar surface area (TPSA) is 63.2 Å². The number of rotatable bonds is 6. The molecule has 0 bridgehead atoms. The molecule has 5 heteroatoms. The van der Waals surface area contributed by atoms with E-state index in [4.69, 9.17) is 4.74 Å². The molecule has 1 aromatic carbocycles. The molecule has 0 atom stereocenters. The molecule has 0 spiro atoms. The highest BCUT2D eigenvalue weighted by molar-refractivity contribution is 5.90. The van der Waals surface area contributed by atoms with Crippen molar-refractivity contribution in [2.24, 2.45) is 5.92 Å². The largest absolute Gasteiger partial charge is 0.497 e. The van der Waals surface area contributed by atoms with Crippen molar-refractivity contribution in [3.8, 4) is 5.75 Å². The SMILES string of the molecule is COc1cccc(Nc2ccc(NC(=O)CC(C)C)cn2)c1. The van der Waals surface area contributed by atoms with Crippen LogP contribution in [0.5, 0.6) is 5.75 Å². The molecule has 5 nitrogen and oxygen atoms in total. The fraction of sp³-hybridized carbons (Fsp3) is 0.294. The Kier molecular flexibility index (Phi) is 5.36. The first kappa shape index (κ1) is 15.8.